The maximum Gasteiger partial charge on any atom is 0.233 e. The van der Waals surface area contributed by atoms with Gasteiger partial charge in [0.15, 0.2) is 16.7 Å². The highest BCUT2D eigenvalue weighted by Gasteiger charge is 2.19. The zero-order chi connectivity index (χ0) is 21.5. The van der Waals surface area contributed by atoms with E-state index in [9.17, 15) is 14.0 Å². The molecule has 0 saturated carbocycles. The van der Waals surface area contributed by atoms with E-state index in [-0.39, 0.29) is 30.4 Å². The SMILES string of the molecule is CCN(Cc1cccc(F)c1)C(=O)CSc1nnc(-c2ccco2)n1CCC(N)=O. The minimum atomic E-state index is -0.451. The van der Waals surface area contributed by atoms with Gasteiger partial charge in [-0.1, -0.05) is 23.9 Å². The summed E-state index contributed by atoms with van der Waals surface area (Å²) < 4.78 is 20.5. The third-order valence-corrected chi connectivity index (χ3v) is 5.31. The smallest absolute Gasteiger partial charge is 0.233 e. The lowest BCUT2D eigenvalue weighted by molar-refractivity contribution is -0.128. The third-order valence-electron chi connectivity index (χ3n) is 4.36. The van der Waals surface area contributed by atoms with Crippen LogP contribution in [0.1, 0.15) is 18.9 Å². The summed E-state index contributed by atoms with van der Waals surface area (Å²) in [6, 6.07) is 9.65. The molecule has 3 aromatic rings. The van der Waals surface area contributed by atoms with E-state index in [0.29, 0.717) is 29.8 Å². The van der Waals surface area contributed by atoms with Gasteiger partial charge in [-0.25, -0.2) is 4.39 Å². The fraction of sp³-hybridized carbons (Fsp3) is 0.300. The van der Waals surface area contributed by atoms with E-state index in [0.717, 1.165) is 5.56 Å². The fourth-order valence-corrected chi connectivity index (χ4v) is 3.72. The zero-order valence-corrected chi connectivity index (χ0v) is 17.3. The molecule has 30 heavy (non-hydrogen) atoms. The van der Waals surface area contributed by atoms with Crippen molar-refractivity contribution in [3.63, 3.8) is 0 Å². The summed E-state index contributed by atoms with van der Waals surface area (Å²) in [5.41, 5.74) is 6.00. The first-order chi connectivity index (χ1) is 14.5. The molecule has 0 saturated heterocycles. The predicted octanol–water partition coefficient (Wildman–Crippen LogP) is 2.69. The van der Waals surface area contributed by atoms with E-state index in [4.69, 9.17) is 10.2 Å². The Morgan fingerprint density at radius 2 is 2.10 bits per heavy atom. The molecule has 0 aliphatic carbocycles. The molecule has 0 atom stereocenters. The van der Waals surface area contributed by atoms with E-state index in [2.05, 4.69) is 10.2 Å². The quantitative estimate of drug-likeness (QED) is 0.495. The van der Waals surface area contributed by atoms with E-state index in [1.165, 1.54) is 30.2 Å². The van der Waals surface area contributed by atoms with Crippen molar-refractivity contribution in [1.82, 2.24) is 19.7 Å². The summed E-state index contributed by atoms with van der Waals surface area (Å²) >= 11 is 1.21. The van der Waals surface area contributed by atoms with Gasteiger partial charge in [0.05, 0.1) is 12.0 Å². The van der Waals surface area contributed by atoms with E-state index < -0.39 is 5.91 Å². The molecule has 10 heteroatoms. The number of carbonyl (C=O) groups is 2. The highest BCUT2D eigenvalue weighted by molar-refractivity contribution is 7.99. The molecule has 158 valence electrons. The number of halogens is 1. The van der Waals surface area contributed by atoms with Crippen LogP contribution in [0.15, 0.2) is 52.2 Å². The number of hydrogen-bond acceptors (Lipinski definition) is 6. The molecule has 0 fully saturated rings. The second-order valence-electron chi connectivity index (χ2n) is 6.48. The van der Waals surface area contributed by atoms with Crippen LogP contribution in [-0.2, 0) is 22.7 Å². The summed E-state index contributed by atoms with van der Waals surface area (Å²) in [6.45, 7) is 2.95. The molecule has 0 aliphatic heterocycles. The predicted molar refractivity (Wildman–Crippen MR) is 110 cm³/mol. The first kappa shape index (κ1) is 21.6. The van der Waals surface area contributed by atoms with Crippen molar-refractivity contribution in [2.75, 3.05) is 12.3 Å². The van der Waals surface area contributed by atoms with Crippen molar-refractivity contribution >= 4 is 23.6 Å². The van der Waals surface area contributed by atoms with Gasteiger partial charge in [0, 0.05) is 26.1 Å². The number of nitrogens with zero attached hydrogens (tertiary/aromatic N) is 4. The second kappa shape index (κ2) is 10.1. The molecule has 0 radical (unpaired) electrons. The molecule has 0 spiro atoms. The lowest BCUT2D eigenvalue weighted by atomic mass is 10.2. The minimum absolute atomic E-state index is 0.105. The van der Waals surface area contributed by atoms with Crippen molar-refractivity contribution in [3.05, 3.63) is 54.0 Å². The van der Waals surface area contributed by atoms with E-state index in [1.807, 2.05) is 6.92 Å². The average Bonchev–Trinajstić information content (AvgIpc) is 3.38. The first-order valence-corrected chi connectivity index (χ1v) is 10.4. The number of furan rings is 1. The molecular formula is C20H22FN5O3S. The maximum atomic E-state index is 13.4. The van der Waals surface area contributed by atoms with Crippen molar-refractivity contribution in [1.29, 1.82) is 0 Å². The number of thioether (sulfide) groups is 1. The van der Waals surface area contributed by atoms with Gasteiger partial charge in [-0.15, -0.1) is 10.2 Å². The number of aromatic nitrogens is 3. The van der Waals surface area contributed by atoms with Crippen LogP contribution in [0, 0.1) is 5.82 Å². The van der Waals surface area contributed by atoms with Crippen LogP contribution < -0.4 is 5.73 Å². The number of carbonyl (C=O) groups excluding carboxylic acids is 2. The van der Waals surface area contributed by atoms with Crippen LogP contribution in [0.3, 0.4) is 0 Å². The van der Waals surface area contributed by atoms with Gasteiger partial charge >= 0.3 is 0 Å². The van der Waals surface area contributed by atoms with Crippen molar-refractivity contribution < 1.29 is 18.4 Å². The van der Waals surface area contributed by atoms with Crippen molar-refractivity contribution in [2.45, 2.75) is 31.6 Å². The lowest BCUT2D eigenvalue weighted by Crippen LogP contribution is -2.31. The molecule has 1 aromatic carbocycles. The average molecular weight is 431 g/mol. The van der Waals surface area contributed by atoms with Crippen LogP contribution in [0.4, 0.5) is 4.39 Å². The van der Waals surface area contributed by atoms with Crippen LogP contribution >= 0.6 is 11.8 Å². The highest BCUT2D eigenvalue weighted by Crippen LogP contribution is 2.25. The van der Waals surface area contributed by atoms with Gasteiger partial charge in [-0.05, 0) is 36.8 Å². The molecule has 0 bridgehead atoms. The Labute approximate surface area is 177 Å². The van der Waals surface area contributed by atoms with Gasteiger partial charge < -0.3 is 15.1 Å². The number of amides is 2. The van der Waals surface area contributed by atoms with Gasteiger partial charge in [-0.3, -0.25) is 14.2 Å². The monoisotopic (exact) mass is 431 g/mol. The Hall–Kier alpha value is -3.14. The Bertz CT molecular complexity index is 1010. The summed E-state index contributed by atoms with van der Waals surface area (Å²) in [6.07, 6.45) is 1.62. The van der Waals surface area contributed by atoms with Crippen LogP contribution in [0.25, 0.3) is 11.6 Å². The zero-order valence-electron chi connectivity index (χ0n) is 16.5. The third kappa shape index (κ3) is 5.47. The van der Waals surface area contributed by atoms with Crippen LogP contribution in [0.2, 0.25) is 0 Å². The Morgan fingerprint density at radius 1 is 1.27 bits per heavy atom. The molecule has 0 unspecified atom stereocenters. The maximum absolute atomic E-state index is 13.4. The van der Waals surface area contributed by atoms with Crippen molar-refractivity contribution in [2.24, 2.45) is 5.73 Å². The second-order valence-corrected chi connectivity index (χ2v) is 7.42. The summed E-state index contributed by atoms with van der Waals surface area (Å²) in [7, 11) is 0. The Kier molecular flexibility index (Phi) is 7.23. The number of hydrogen-bond donors (Lipinski definition) is 1. The molecule has 2 amide bonds. The van der Waals surface area contributed by atoms with Crippen LogP contribution in [0.5, 0.6) is 0 Å². The summed E-state index contributed by atoms with van der Waals surface area (Å²) in [5, 5.41) is 8.77. The molecule has 0 aliphatic rings. The number of primary amides is 1. The van der Waals surface area contributed by atoms with Gasteiger partial charge in [0.2, 0.25) is 11.8 Å². The van der Waals surface area contributed by atoms with Gasteiger partial charge in [-0.2, -0.15) is 0 Å². The van der Waals surface area contributed by atoms with Crippen LogP contribution in [-0.4, -0.2) is 43.8 Å². The molecule has 2 aromatic heterocycles. The number of nitrogens with two attached hydrogens (primary N) is 1. The largest absolute Gasteiger partial charge is 0.461 e. The summed E-state index contributed by atoms with van der Waals surface area (Å²) in [5.74, 6) is 0.188. The lowest BCUT2D eigenvalue weighted by Gasteiger charge is -2.21. The Morgan fingerprint density at radius 3 is 2.77 bits per heavy atom. The molecule has 3 rings (SSSR count). The normalized spacial score (nSPS) is 10.9. The van der Waals surface area contributed by atoms with Gasteiger partial charge in [0.25, 0.3) is 0 Å². The standard InChI is InChI=1S/C20H22FN5O3S/c1-2-25(12-14-5-3-6-15(21)11-14)18(28)13-30-20-24-23-19(16-7-4-10-29-16)26(20)9-8-17(22)27/h3-7,10-11H,2,8-9,12-13H2,1H3,(H2,22,27). The highest BCUT2D eigenvalue weighted by atomic mass is 32.2. The fourth-order valence-electron chi connectivity index (χ4n) is 2.86. The minimum Gasteiger partial charge on any atom is -0.461 e. The van der Waals surface area contributed by atoms with E-state index >= 15 is 0 Å². The van der Waals surface area contributed by atoms with Gasteiger partial charge in [0.1, 0.15) is 5.82 Å². The number of rotatable bonds is 10. The summed E-state index contributed by atoms with van der Waals surface area (Å²) in [4.78, 5) is 25.6. The molecular weight excluding hydrogens is 409 g/mol. The first-order valence-electron chi connectivity index (χ1n) is 9.38. The molecule has 8 nitrogen and oxygen atoms in total. The molecule has 2 N–H and O–H groups in total. The number of benzene rings is 1. The molecule has 2 heterocycles. The van der Waals surface area contributed by atoms with E-state index in [1.54, 1.807) is 33.7 Å². The van der Waals surface area contributed by atoms with Crippen molar-refractivity contribution in [3.8, 4) is 11.6 Å². The Balaban J connectivity index is 1.70. The topological polar surface area (TPSA) is 107 Å².